The fourth-order valence-electron chi connectivity index (χ4n) is 2.14. The van der Waals surface area contributed by atoms with Gasteiger partial charge in [-0.25, -0.2) is 0 Å². The topological polar surface area (TPSA) is 45.2 Å². The van der Waals surface area contributed by atoms with Crippen molar-refractivity contribution in [3.8, 4) is 0 Å². The van der Waals surface area contributed by atoms with Crippen LogP contribution in [0.25, 0.3) is 0 Å². The number of halogens is 2. The first-order chi connectivity index (χ1) is 8.18. The van der Waals surface area contributed by atoms with E-state index in [0.717, 1.165) is 18.8 Å². The predicted molar refractivity (Wildman–Crippen MR) is 81.6 cm³/mol. The molecule has 1 aliphatic rings. The van der Waals surface area contributed by atoms with Gasteiger partial charge in [0.05, 0.1) is 5.56 Å². The van der Waals surface area contributed by atoms with Gasteiger partial charge in [-0.05, 0) is 31.5 Å². The Morgan fingerprint density at radius 2 is 2.11 bits per heavy atom. The Labute approximate surface area is 126 Å². The zero-order valence-electron chi connectivity index (χ0n) is 11.3. The van der Waals surface area contributed by atoms with E-state index in [4.69, 9.17) is 0 Å². The van der Waals surface area contributed by atoms with E-state index in [1.54, 1.807) is 25.2 Å². The summed E-state index contributed by atoms with van der Waals surface area (Å²) >= 11 is 0. The second-order valence-electron chi connectivity index (χ2n) is 4.71. The van der Waals surface area contributed by atoms with Gasteiger partial charge in [-0.15, -0.1) is 24.8 Å². The number of aromatic nitrogens is 1. The summed E-state index contributed by atoms with van der Waals surface area (Å²) < 4.78 is 0. The summed E-state index contributed by atoms with van der Waals surface area (Å²) in [6.07, 6.45) is 4.07. The minimum Gasteiger partial charge on any atom is -0.345 e. The minimum absolute atomic E-state index is 0. The summed E-state index contributed by atoms with van der Waals surface area (Å²) in [6.45, 7) is 2.10. The quantitative estimate of drug-likeness (QED) is 0.910. The number of carbonyl (C=O) groups is 1. The second-order valence-corrected chi connectivity index (χ2v) is 4.71. The first-order valence-corrected chi connectivity index (χ1v) is 6.07. The molecule has 0 spiro atoms. The number of nitrogens with zero attached hydrogens (tertiary/aromatic N) is 2. The van der Waals surface area contributed by atoms with Crippen LogP contribution in [0.2, 0.25) is 0 Å². The molecular formula is C13H21Cl2N3O. The van der Waals surface area contributed by atoms with Gasteiger partial charge >= 0.3 is 0 Å². The van der Waals surface area contributed by atoms with Gasteiger partial charge < -0.3 is 10.2 Å². The molecule has 19 heavy (non-hydrogen) atoms. The van der Waals surface area contributed by atoms with Crippen molar-refractivity contribution in [1.29, 1.82) is 0 Å². The van der Waals surface area contributed by atoms with Crippen molar-refractivity contribution in [1.82, 2.24) is 15.2 Å². The molecule has 2 rings (SSSR count). The number of pyridine rings is 1. The average Bonchev–Trinajstić information content (AvgIpc) is 2.39. The maximum absolute atomic E-state index is 11.7. The van der Waals surface area contributed by atoms with Gasteiger partial charge in [0.25, 0.3) is 5.91 Å². The molecule has 0 saturated carbocycles. The summed E-state index contributed by atoms with van der Waals surface area (Å²) in [5.74, 6) is 0.498. The molecule has 2 heterocycles. The minimum atomic E-state index is 0. The van der Waals surface area contributed by atoms with E-state index >= 15 is 0 Å². The van der Waals surface area contributed by atoms with E-state index in [-0.39, 0.29) is 30.7 Å². The molecule has 1 saturated heterocycles. The lowest BCUT2D eigenvalue weighted by Crippen LogP contribution is -2.29. The molecule has 1 fully saturated rings. The molecule has 1 N–H and O–H groups in total. The van der Waals surface area contributed by atoms with Gasteiger partial charge in [0, 0.05) is 38.4 Å². The van der Waals surface area contributed by atoms with Gasteiger partial charge in [0.1, 0.15) is 0 Å². The van der Waals surface area contributed by atoms with E-state index in [1.165, 1.54) is 12.8 Å². The summed E-state index contributed by atoms with van der Waals surface area (Å²) in [5.41, 5.74) is 1.75. The molecule has 1 amide bonds. The maximum Gasteiger partial charge on any atom is 0.254 e. The fraction of sp³-hybridized carbons (Fsp3) is 0.538. The van der Waals surface area contributed by atoms with Gasteiger partial charge in [-0.1, -0.05) is 0 Å². The van der Waals surface area contributed by atoms with Crippen molar-refractivity contribution in [3.63, 3.8) is 0 Å². The number of carbonyl (C=O) groups excluding carboxylic acids is 1. The highest BCUT2D eigenvalue weighted by molar-refractivity contribution is 5.93. The van der Waals surface area contributed by atoms with Gasteiger partial charge in [-0.2, -0.15) is 0 Å². The molecule has 0 aliphatic carbocycles. The number of rotatable bonds is 2. The van der Waals surface area contributed by atoms with Crippen LogP contribution in [0, 0.1) is 0 Å². The molecule has 0 aromatic carbocycles. The van der Waals surface area contributed by atoms with Crippen molar-refractivity contribution in [2.75, 3.05) is 27.2 Å². The monoisotopic (exact) mass is 305 g/mol. The lowest BCUT2D eigenvalue weighted by atomic mass is 9.95. The third-order valence-electron chi connectivity index (χ3n) is 3.15. The molecule has 1 unspecified atom stereocenters. The zero-order chi connectivity index (χ0) is 12.3. The van der Waals surface area contributed by atoms with Crippen LogP contribution in [0.15, 0.2) is 18.3 Å². The maximum atomic E-state index is 11.7. The first kappa shape index (κ1) is 18.2. The van der Waals surface area contributed by atoms with Crippen molar-refractivity contribution >= 4 is 30.7 Å². The lowest BCUT2D eigenvalue weighted by Gasteiger charge is -2.22. The normalized spacial score (nSPS) is 17.9. The van der Waals surface area contributed by atoms with E-state index in [1.807, 2.05) is 12.1 Å². The predicted octanol–water partition coefficient (Wildman–Crippen LogP) is 2.09. The van der Waals surface area contributed by atoms with Crippen LogP contribution < -0.4 is 5.32 Å². The van der Waals surface area contributed by atoms with Gasteiger partial charge in [-0.3, -0.25) is 9.78 Å². The Kier molecular flexibility index (Phi) is 7.99. The van der Waals surface area contributed by atoms with Crippen LogP contribution in [0.5, 0.6) is 0 Å². The molecule has 1 aromatic heterocycles. The number of piperidine rings is 1. The summed E-state index contributed by atoms with van der Waals surface area (Å²) in [4.78, 5) is 17.7. The van der Waals surface area contributed by atoms with Crippen LogP contribution in [0.3, 0.4) is 0 Å². The van der Waals surface area contributed by atoms with Crippen molar-refractivity contribution in [2.45, 2.75) is 18.8 Å². The van der Waals surface area contributed by atoms with Crippen LogP contribution in [0.4, 0.5) is 0 Å². The summed E-state index contributed by atoms with van der Waals surface area (Å²) in [7, 11) is 3.50. The Bertz CT molecular complexity index is 389. The summed E-state index contributed by atoms with van der Waals surface area (Å²) in [6, 6.07) is 3.85. The van der Waals surface area contributed by atoms with Crippen LogP contribution in [-0.2, 0) is 0 Å². The van der Waals surface area contributed by atoms with E-state index < -0.39 is 0 Å². The number of hydrogen-bond acceptors (Lipinski definition) is 3. The van der Waals surface area contributed by atoms with Gasteiger partial charge in [0.15, 0.2) is 0 Å². The largest absolute Gasteiger partial charge is 0.345 e. The molecule has 1 aromatic rings. The van der Waals surface area contributed by atoms with Crippen molar-refractivity contribution < 1.29 is 4.79 Å². The second kappa shape index (κ2) is 8.35. The fourth-order valence-corrected chi connectivity index (χ4v) is 2.14. The van der Waals surface area contributed by atoms with E-state index in [0.29, 0.717) is 11.5 Å². The number of nitrogens with one attached hydrogen (secondary N) is 1. The van der Waals surface area contributed by atoms with Gasteiger partial charge in [0.2, 0.25) is 0 Å². The molecule has 1 aliphatic heterocycles. The zero-order valence-corrected chi connectivity index (χ0v) is 12.9. The smallest absolute Gasteiger partial charge is 0.254 e. The Morgan fingerprint density at radius 1 is 1.37 bits per heavy atom. The highest BCUT2D eigenvalue weighted by atomic mass is 35.5. The molecule has 0 radical (unpaired) electrons. The SMILES string of the molecule is CN(C)C(=O)c1ccc(C2CCCNC2)nc1.Cl.Cl. The van der Waals surface area contributed by atoms with Crippen molar-refractivity contribution in [3.05, 3.63) is 29.6 Å². The molecule has 6 heteroatoms. The van der Waals surface area contributed by atoms with E-state index in [2.05, 4.69) is 10.3 Å². The lowest BCUT2D eigenvalue weighted by molar-refractivity contribution is 0.0827. The molecule has 0 bridgehead atoms. The molecule has 108 valence electrons. The number of amides is 1. The third kappa shape index (κ3) is 4.64. The molecule has 1 atom stereocenters. The van der Waals surface area contributed by atoms with E-state index in [9.17, 15) is 4.79 Å². The Hall–Kier alpha value is -0.840. The number of hydrogen-bond donors (Lipinski definition) is 1. The first-order valence-electron chi connectivity index (χ1n) is 6.07. The Morgan fingerprint density at radius 3 is 2.58 bits per heavy atom. The highest BCUT2D eigenvalue weighted by Crippen LogP contribution is 2.21. The highest BCUT2D eigenvalue weighted by Gasteiger charge is 2.17. The molecular weight excluding hydrogens is 285 g/mol. The van der Waals surface area contributed by atoms with Crippen LogP contribution >= 0.6 is 24.8 Å². The van der Waals surface area contributed by atoms with Crippen molar-refractivity contribution in [2.24, 2.45) is 0 Å². The van der Waals surface area contributed by atoms with Crippen LogP contribution in [-0.4, -0.2) is 43.0 Å². The molecule has 4 nitrogen and oxygen atoms in total. The summed E-state index contributed by atoms with van der Waals surface area (Å²) in [5, 5.41) is 3.37. The Balaban J connectivity index is 0.00000162. The third-order valence-corrected chi connectivity index (χ3v) is 3.15. The standard InChI is InChI=1S/C13H19N3O.2ClH/c1-16(2)13(17)11-5-6-12(15-9-11)10-4-3-7-14-8-10;;/h5-6,9-10,14H,3-4,7-8H2,1-2H3;2*1H. The van der Waals surface area contributed by atoms with Crippen LogP contribution in [0.1, 0.15) is 34.8 Å². The average molecular weight is 306 g/mol.